The van der Waals surface area contributed by atoms with Gasteiger partial charge in [-0.2, -0.15) is 5.10 Å². The van der Waals surface area contributed by atoms with Gasteiger partial charge in [0.25, 0.3) is 0 Å². The zero-order valence-corrected chi connectivity index (χ0v) is 11.7. The molecule has 0 atom stereocenters. The zero-order valence-electron chi connectivity index (χ0n) is 10.8. The molecule has 0 radical (unpaired) electrons. The quantitative estimate of drug-likeness (QED) is 0.669. The fraction of sp³-hybridized carbons (Fsp3) is 0.500. The van der Waals surface area contributed by atoms with Crippen LogP contribution in [0.25, 0.3) is 0 Å². The van der Waals surface area contributed by atoms with E-state index in [9.17, 15) is 13.2 Å². The van der Waals surface area contributed by atoms with Crippen LogP contribution in [0, 0.1) is 0 Å². The van der Waals surface area contributed by atoms with Crippen molar-refractivity contribution >= 4 is 21.8 Å². The summed E-state index contributed by atoms with van der Waals surface area (Å²) < 4.78 is 24.8. The normalized spacial score (nSPS) is 12.2. The third-order valence-corrected chi connectivity index (χ3v) is 3.03. The molecule has 1 heterocycles. The van der Waals surface area contributed by atoms with Gasteiger partial charge in [-0.15, -0.1) is 5.10 Å². The van der Waals surface area contributed by atoms with Gasteiger partial charge < -0.3 is 10.4 Å². The van der Waals surface area contributed by atoms with Crippen molar-refractivity contribution in [2.24, 2.45) is 0 Å². The highest BCUT2D eigenvalue weighted by atomic mass is 32.2. The molecule has 0 unspecified atom stereocenters. The Bertz CT molecular complexity index is 571. The molecule has 0 bridgehead atoms. The number of aromatic nitrogens is 2. The Morgan fingerprint density at radius 3 is 2.63 bits per heavy atom. The average Bonchev–Trinajstić information content (AvgIpc) is 2.23. The smallest absolute Gasteiger partial charge is 0.339 e. The van der Waals surface area contributed by atoms with Crippen molar-refractivity contribution in [1.29, 1.82) is 0 Å². The molecule has 0 aliphatic rings. The van der Waals surface area contributed by atoms with Crippen molar-refractivity contribution in [3.8, 4) is 0 Å². The minimum Gasteiger partial charge on any atom is -0.478 e. The van der Waals surface area contributed by atoms with Crippen LogP contribution < -0.4 is 10.0 Å². The maximum Gasteiger partial charge on any atom is 0.339 e. The van der Waals surface area contributed by atoms with Gasteiger partial charge in [-0.05, 0) is 19.9 Å². The molecular formula is C10H16N4O4S. The number of anilines is 1. The zero-order chi connectivity index (χ0) is 14.7. The summed E-state index contributed by atoms with van der Waals surface area (Å²) in [7, 11) is -3.36. The van der Waals surface area contributed by atoms with E-state index in [0.29, 0.717) is 0 Å². The van der Waals surface area contributed by atoms with Gasteiger partial charge in [0.05, 0.1) is 12.5 Å². The van der Waals surface area contributed by atoms with Crippen molar-refractivity contribution in [3.63, 3.8) is 0 Å². The number of hydrogen-bond acceptors (Lipinski definition) is 6. The molecule has 0 aliphatic heterocycles. The first-order chi connectivity index (χ1) is 8.61. The molecule has 0 amide bonds. The molecule has 1 rings (SSSR count). The molecule has 3 N–H and O–H groups in total. The van der Waals surface area contributed by atoms with Crippen LogP contribution in [0.3, 0.4) is 0 Å². The van der Waals surface area contributed by atoms with Crippen molar-refractivity contribution in [1.82, 2.24) is 14.9 Å². The van der Waals surface area contributed by atoms with Crippen molar-refractivity contribution in [2.45, 2.75) is 19.4 Å². The van der Waals surface area contributed by atoms with E-state index in [0.717, 1.165) is 6.26 Å². The summed E-state index contributed by atoms with van der Waals surface area (Å²) in [6, 6.07) is 1.31. The highest BCUT2D eigenvalue weighted by molar-refractivity contribution is 7.88. The summed E-state index contributed by atoms with van der Waals surface area (Å²) in [6.07, 6.45) is 2.33. The first kappa shape index (κ1) is 15.3. The van der Waals surface area contributed by atoms with Crippen LogP contribution in [0.4, 0.5) is 5.82 Å². The standard InChI is InChI=1S/C10H16N4O4S/c1-10(2,14-19(3,17)18)6-11-8-7(9(15)16)4-5-12-13-8/h4-5,14H,6H2,1-3H3,(H,11,13)(H,15,16). The maximum absolute atomic E-state index is 11.2. The topological polar surface area (TPSA) is 121 Å². The molecule has 0 fully saturated rings. The van der Waals surface area contributed by atoms with Gasteiger partial charge in [0, 0.05) is 12.1 Å². The molecular weight excluding hydrogens is 272 g/mol. The van der Waals surface area contributed by atoms with Crippen LogP contribution in [-0.2, 0) is 10.0 Å². The van der Waals surface area contributed by atoms with E-state index in [2.05, 4.69) is 20.2 Å². The Morgan fingerprint density at radius 1 is 1.47 bits per heavy atom. The molecule has 1 aromatic rings. The Labute approximate surface area is 111 Å². The van der Waals surface area contributed by atoms with Gasteiger partial charge in [0.2, 0.25) is 10.0 Å². The largest absolute Gasteiger partial charge is 0.478 e. The van der Waals surface area contributed by atoms with Gasteiger partial charge >= 0.3 is 5.97 Å². The molecule has 9 heteroatoms. The molecule has 8 nitrogen and oxygen atoms in total. The van der Waals surface area contributed by atoms with Gasteiger partial charge in [-0.3, -0.25) is 0 Å². The number of carboxylic acids is 1. The Morgan fingerprint density at radius 2 is 2.11 bits per heavy atom. The predicted molar refractivity (Wildman–Crippen MR) is 69.5 cm³/mol. The second-order valence-corrected chi connectivity index (χ2v) is 6.46. The predicted octanol–water partition coefficient (Wildman–Crippen LogP) is -0.0855. The summed E-state index contributed by atoms with van der Waals surface area (Å²) in [4.78, 5) is 11.0. The highest BCUT2D eigenvalue weighted by Gasteiger charge is 2.23. The van der Waals surface area contributed by atoms with Crippen LogP contribution >= 0.6 is 0 Å². The van der Waals surface area contributed by atoms with Crippen molar-refractivity contribution in [3.05, 3.63) is 17.8 Å². The van der Waals surface area contributed by atoms with Crippen LogP contribution in [0.5, 0.6) is 0 Å². The number of carboxylic acid groups (broad SMARTS) is 1. The van der Waals surface area contributed by atoms with Crippen LogP contribution in [-0.4, -0.2) is 48.0 Å². The van der Waals surface area contributed by atoms with E-state index in [4.69, 9.17) is 5.11 Å². The first-order valence-electron chi connectivity index (χ1n) is 5.38. The van der Waals surface area contributed by atoms with E-state index < -0.39 is 21.5 Å². The number of aromatic carboxylic acids is 1. The van der Waals surface area contributed by atoms with Crippen LogP contribution in [0.15, 0.2) is 12.3 Å². The maximum atomic E-state index is 11.2. The third-order valence-electron chi connectivity index (χ3n) is 2.11. The fourth-order valence-electron chi connectivity index (χ4n) is 1.48. The lowest BCUT2D eigenvalue weighted by atomic mass is 10.1. The molecule has 106 valence electrons. The average molecular weight is 288 g/mol. The number of carbonyl (C=O) groups is 1. The summed E-state index contributed by atoms with van der Waals surface area (Å²) in [5.74, 6) is -1.04. The third kappa shape index (κ3) is 5.18. The summed E-state index contributed by atoms with van der Waals surface area (Å²) in [5.41, 5.74) is -0.814. The van der Waals surface area contributed by atoms with Gasteiger partial charge in [0.1, 0.15) is 5.56 Å². The minimum atomic E-state index is -3.36. The highest BCUT2D eigenvalue weighted by Crippen LogP contribution is 2.12. The second kappa shape index (κ2) is 5.49. The molecule has 0 saturated carbocycles. The molecule has 0 spiro atoms. The van der Waals surface area contributed by atoms with Gasteiger partial charge in [-0.1, -0.05) is 0 Å². The van der Waals surface area contributed by atoms with E-state index >= 15 is 0 Å². The SMILES string of the molecule is CC(C)(CNc1nnccc1C(=O)O)NS(C)(=O)=O. The lowest BCUT2D eigenvalue weighted by molar-refractivity contribution is 0.0697. The number of nitrogens with one attached hydrogen (secondary N) is 2. The molecule has 1 aromatic heterocycles. The number of rotatable bonds is 6. The number of hydrogen-bond donors (Lipinski definition) is 3. The molecule has 0 aromatic carbocycles. The molecule has 0 saturated heterocycles. The van der Waals surface area contributed by atoms with Gasteiger partial charge in [0.15, 0.2) is 5.82 Å². The Hall–Kier alpha value is -1.74. The van der Waals surface area contributed by atoms with E-state index in [1.54, 1.807) is 13.8 Å². The monoisotopic (exact) mass is 288 g/mol. The Balaban J connectivity index is 2.80. The summed E-state index contributed by atoms with van der Waals surface area (Å²) in [6.45, 7) is 3.49. The molecule has 19 heavy (non-hydrogen) atoms. The second-order valence-electron chi connectivity index (χ2n) is 4.71. The molecule has 0 aliphatic carbocycles. The Kier molecular flexibility index (Phi) is 4.43. The summed E-state index contributed by atoms with van der Waals surface area (Å²) in [5, 5.41) is 19.0. The lowest BCUT2D eigenvalue weighted by Gasteiger charge is -2.25. The van der Waals surface area contributed by atoms with E-state index in [-0.39, 0.29) is 17.9 Å². The van der Waals surface area contributed by atoms with E-state index in [1.165, 1.54) is 12.3 Å². The first-order valence-corrected chi connectivity index (χ1v) is 7.28. The van der Waals surface area contributed by atoms with E-state index in [1.807, 2.05) is 0 Å². The minimum absolute atomic E-state index is 0.0230. The van der Waals surface area contributed by atoms with Crippen LogP contribution in [0.1, 0.15) is 24.2 Å². The number of nitrogens with zero attached hydrogens (tertiary/aromatic N) is 2. The fourth-order valence-corrected chi connectivity index (χ4v) is 2.55. The van der Waals surface area contributed by atoms with Gasteiger partial charge in [-0.25, -0.2) is 17.9 Å². The van der Waals surface area contributed by atoms with Crippen molar-refractivity contribution in [2.75, 3.05) is 18.1 Å². The van der Waals surface area contributed by atoms with Crippen molar-refractivity contribution < 1.29 is 18.3 Å². The lowest BCUT2D eigenvalue weighted by Crippen LogP contribution is -2.48. The van der Waals surface area contributed by atoms with Crippen LogP contribution in [0.2, 0.25) is 0 Å². The number of sulfonamides is 1. The summed E-state index contributed by atoms with van der Waals surface area (Å²) >= 11 is 0.